The minimum atomic E-state index is -4.73. The number of hydrogen-bond donors (Lipinski definition) is 2. The van der Waals surface area contributed by atoms with E-state index in [-0.39, 0.29) is 5.75 Å². The van der Waals surface area contributed by atoms with Gasteiger partial charge in [0.05, 0.1) is 11.9 Å². The molecule has 3 aromatic rings. The van der Waals surface area contributed by atoms with E-state index in [1.165, 1.54) is 35.3 Å². The van der Waals surface area contributed by atoms with Gasteiger partial charge in [-0.2, -0.15) is 5.10 Å². The Labute approximate surface area is 180 Å². The molecule has 1 aromatic heterocycles. The van der Waals surface area contributed by atoms with E-state index in [2.05, 4.69) is 30.7 Å². The Morgan fingerprint density at radius 2 is 1.84 bits per heavy atom. The van der Waals surface area contributed by atoms with Crippen molar-refractivity contribution in [1.82, 2.24) is 25.5 Å². The Balaban J connectivity index is 1.37. The van der Waals surface area contributed by atoms with E-state index in [1.54, 1.807) is 6.21 Å². The molecule has 1 heterocycles. The largest absolute Gasteiger partial charge is 0.573 e. The van der Waals surface area contributed by atoms with Crippen molar-refractivity contribution in [3.05, 3.63) is 60.4 Å². The monoisotopic (exact) mass is 446 g/mol. The predicted octanol–water partition coefficient (Wildman–Crippen LogP) is 3.79. The van der Waals surface area contributed by atoms with Crippen LogP contribution in [0.4, 0.5) is 13.2 Å². The summed E-state index contributed by atoms with van der Waals surface area (Å²) in [6.07, 6.45) is 0.681. The van der Waals surface area contributed by atoms with Crippen molar-refractivity contribution < 1.29 is 17.9 Å². The third-order valence-electron chi connectivity index (χ3n) is 4.29. The fraction of sp³-hybridized carbons (Fsp3) is 0.200. The van der Waals surface area contributed by atoms with E-state index in [9.17, 15) is 13.2 Å². The molecule has 0 amide bonds. The fourth-order valence-electron chi connectivity index (χ4n) is 2.65. The number of rotatable bonds is 6. The van der Waals surface area contributed by atoms with Crippen LogP contribution >= 0.6 is 12.2 Å². The van der Waals surface area contributed by atoms with Gasteiger partial charge >= 0.3 is 6.36 Å². The van der Waals surface area contributed by atoms with E-state index in [0.717, 1.165) is 24.0 Å². The van der Waals surface area contributed by atoms with E-state index in [1.807, 2.05) is 24.3 Å². The van der Waals surface area contributed by atoms with Gasteiger partial charge in [-0.15, -0.1) is 18.3 Å². The lowest BCUT2D eigenvalue weighted by Gasteiger charge is -2.09. The summed E-state index contributed by atoms with van der Waals surface area (Å²) in [5.41, 5.74) is 4.98. The third-order valence-corrected chi connectivity index (χ3v) is 4.50. The second-order valence-electron chi connectivity index (χ2n) is 6.79. The molecule has 2 N–H and O–H groups in total. The summed E-state index contributed by atoms with van der Waals surface area (Å²) in [7, 11) is 0. The fourth-order valence-corrected chi connectivity index (χ4v) is 2.87. The molecule has 1 saturated carbocycles. The first-order chi connectivity index (χ1) is 14.9. The van der Waals surface area contributed by atoms with Gasteiger partial charge in [0, 0.05) is 11.6 Å². The van der Waals surface area contributed by atoms with Crippen LogP contribution in [0.25, 0.3) is 17.1 Å². The first-order valence-corrected chi connectivity index (χ1v) is 9.74. The molecule has 1 fully saturated rings. The van der Waals surface area contributed by atoms with Crippen molar-refractivity contribution in [1.29, 1.82) is 0 Å². The minimum absolute atomic E-state index is 0.299. The van der Waals surface area contributed by atoms with Gasteiger partial charge in [0.1, 0.15) is 12.1 Å². The van der Waals surface area contributed by atoms with Crippen molar-refractivity contribution >= 4 is 23.5 Å². The second-order valence-corrected chi connectivity index (χ2v) is 7.20. The Morgan fingerprint density at radius 3 is 2.48 bits per heavy atom. The molecule has 0 bridgehead atoms. The molecule has 1 aliphatic rings. The van der Waals surface area contributed by atoms with Gasteiger partial charge in [-0.3, -0.25) is 5.43 Å². The Kier molecular flexibility index (Phi) is 5.85. The van der Waals surface area contributed by atoms with E-state index >= 15 is 0 Å². The normalized spacial score (nSPS) is 13.9. The number of nitrogens with one attached hydrogen (secondary N) is 2. The van der Waals surface area contributed by atoms with Crippen molar-refractivity contribution in [3.63, 3.8) is 0 Å². The van der Waals surface area contributed by atoms with Crippen molar-refractivity contribution in [2.45, 2.75) is 25.2 Å². The second kappa shape index (κ2) is 8.72. The van der Waals surface area contributed by atoms with Crippen LogP contribution in [-0.4, -0.2) is 38.5 Å². The number of nitrogens with zero attached hydrogens (tertiary/aromatic N) is 4. The molecule has 1 aliphatic carbocycles. The SMILES string of the molecule is FC(F)(F)Oc1ccc(-n2cnc(-c3ccc(/C=N/NC(=S)NC4CC4)cc3)n2)cc1. The van der Waals surface area contributed by atoms with Gasteiger partial charge in [-0.05, 0) is 54.9 Å². The van der Waals surface area contributed by atoms with Crippen LogP contribution in [0.1, 0.15) is 18.4 Å². The molecular weight excluding hydrogens is 429 g/mol. The van der Waals surface area contributed by atoms with Crippen molar-refractivity contribution in [3.8, 4) is 22.8 Å². The first-order valence-electron chi connectivity index (χ1n) is 9.33. The van der Waals surface area contributed by atoms with Crippen LogP contribution < -0.4 is 15.5 Å². The first kappa shape index (κ1) is 20.8. The Morgan fingerprint density at radius 1 is 1.13 bits per heavy atom. The zero-order valence-corrected chi connectivity index (χ0v) is 16.8. The molecule has 0 saturated heterocycles. The summed E-state index contributed by atoms with van der Waals surface area (Å²) >= 11 is 5.13. The maximum atomic E-state index is 12.3. The summed E-state index contributed by atoms with van der Waals surface area (Å²) in [4.78, 5) is 4.26. The number of halogens is 3. The molecule has 2 aromatic carbocycles. The summed E-state index contributed by atoms with van der Waals surface area (Å²) in [5.74, 6) is 0.180. The summed E-state index contributed by atoms with van der Waals surface area (Å²) < 4.78 is 42.1. The topological polar surface area (TPSA) is 76.4 Å². The lowest BCUT2D eigenvalue weighted by molar-refractivity contribution is -0.274. The zero-order valence-electron chi connectivity index (χ0n) is 16.0. The Hall–Kier alpha value is -3.47. The number of benzene rings is 2. The summed E-state index contributed by atoms with van der Waals surface area (Å²) in [5, 5.41) is 12.1. The average Bonchev–Trinajstić information content (AvgIpc) is 3.40. The molecule has 0 aliphatic heterocycles. The number of alkyl halides is 3. The highest BCUT2D eigenvalue weighted by atomic mass is 32.1. The van der Waals surface area contributed by atoms with Crippen LogP contribution in [0.3, 0.4) is 0 Å². The number of hydrazone groups is 1. The molecule has 0 unspecified atom stereocenters. The smallest absolute Gasteiger partial charge is 0.406 e. The molecule has 4 rings (SSSR count). The molecule has 0 atom stereocenters. The predicted molar refractivity (Wildman–Crippen MR) is 113 cm³/mol. The maximum absolute atomic E-state index is 12.3. The van der Waals surface area contributed by atoms with Crippen LogP contribution in [0.5, 0.6) is 5.75 Å². The highest BCUT2D eigenvalue weighted by Gasteiger charge is 2.31. The van der Waals surface area contributed by atoms with E-state index in [0.29, 0.717) is 22.7 Å². The zero-order chi connectivity index (χ0) is 21.8. The average molecular weight is 446 g/mol. The third kappa shape index (κ3) is 6.01. The number of hydrogen-bond acceptors (Lipinski definition) is 5. The number of ether oxygens (including phenoxy) is 1. The molecule has 0 spiro atoms. The van der Waals surface area contributed by atoms with Gasteiger partial charge < -0.3 is 10.1 Å². The number of thiocarbonyl (C=S) groups is 1. The van der Waals surface area contributed by atoms with Crippen molar-refractivity contribution in [2.75, 3.05) is 0 Å². The molecule has 31 heavy (non-hydrogen) atoms. The van der Waals surface area contributed by atoms with Crippen LogP contribution in [0.15, 0.2) is 60.0 Å². The van der Waals surface area contributed by atoms with E-state index in [4.69, 9.17) is 12.2 Å². The van der Waals surface area contributed by atoms with Gasteiger partial charge in [0.25, 0.3) is 0 Å². The maximum Gasteiger partial charge on any atom is 0.573 e. The van der Waals surface area contributed by atoms with Crippen LogP contribution in [0, 0.1) is 0 Å². The minimum Gasteiger partial charge on any atom is -0.406 e. The molecule has 11 heteroatoms. The van der Waals surface area contributed by atoms with Crippen LogP contribution in [0.2, 0.25) is 0 Å². The Bertz CT molecular complexity index is 1080. The standard InChI is InChI=1S/C20H17F3N6OS/c21-20(22,23)30-17-9-7-16(8-10-17)29-12-24-18(28-29)14-3-1-13(2-4-14)11-25-27-19(31)26-15-5-6-15/h1-4,7-12,15H,5-6H2,(H2,26,27,31)/b25-11+. The highest BCUT2D eigenvalue weighted by Crippen LogP contribution is 2.24. The molecule has 0 radical (unpaired) electrons. The van der Waals surface area contributed by atoms with E-state index < -0.39 is 6.36 Å². The van der Waals surface area contributed by atoms with Crippen molar-refractivity contribution in [2.24, 2.45) is 5.10 Å². The molecular formula is C20H17F3N6OS. The van der Waals surface area contributed by atoms with Gasteiger partial charge in [-0.1, -0.05) is 24.3 Å². The molecule has 7 nitrogen and oxygen atoms in total. The molecule has 160 valence electrons. The lowest BCUT2D eigenvalue weighted by Crippen LogP contribution is -2.33. The van der Waals surface area contributed by atoms with Gasteiger partial charge in [0.15, 0.2) is 10.9 Å². The quantitative estimate of drug-likeness (QED) is 0.341. The summed E-state index contributed by atoms with van der Waals surface area (Å²) in [6, 6.07) is 13.3. The number of aromatic nitrogens is 3. The van der Waals surface area contributed by atoms with Gasteiger partial charge in [0.2, 0.25) is 0 Å². The lowest BCUT2D eigenvalue weighted by atomic mass is 10.1. The highest BCUT2D eigenvalue weighted by molar-refractivity contribution is 7.80. The van der Waals surface area contributed by atoms with Gasteiger partial charge in [-0.25, -0.2) is 9.67 Å². The van der Waals surface area contributed by atoms with Crippen LogP contribution in [-0.2, 0) is 0 Å². The summed E-state index contributed by atoms with van der Waals surface area (Å²) in [6.45, 7) is 0.